The maximum absolute atomic E-state index is 13.8. The molecule has 1 heterocycles. The number of hydrogen-bond donors (Lipinski definition) is 0. The number of carbonyl (C=O) groups is 3. The molecule has 3 aliphatic rings. The van der Waals surface area contributed by atoms with Crippen LogP contribution in [0.25, 0.3) is 0 Å². The molecule has 1 aliphatic heterocycles. The minimum Gasteiger partial charge on any atom is -0.743 e. The van der Waals surface area contributed by atoms with Crippen LogP contribution in [0.3, 0.4) is 0 Å². The minimum absolute atomic E-state index is 0.0273. The van der Waals surface area contributed by atoms with Gasteiger partial charge in [0, 0.05) is 11.8 Å². The molecule has 7 atom stereocenters. The van der Waals surface area contributed by atoms with Gasteiger partial charge in [-0.1, -0.05) is 18.2 Å². The van der Waals surface area contributed by atoms with Crippen molar-refractivity contribution in [3.8, 4) is 0 Å². The highest BCUT2D eigenvalue weighted by Crippen LogP contribution is 2.59. The van der Waals surface area contributed by atoms with Crippen molar-refractivity contribution in [1.82, 2.24) is 0 Å². The Hall–Kier alpha value is -2.81. The van der Waals surface area contributed by atoms with Gasteiger partial charge in [-0.15, -0.1) is 0 Å². The van der Waals surface area contributed by atoms with Gasteiger partial charge in [-0.05, 0) is 18.6 Å². The summed E-state index contributed by atoms with van der Waals surface area (Å²) >= 11 is 0. The SMILES string of the molecule is O=C(OC1C2CC3C1OC(=O)C3C2C(=O)OC(C(F)(F)F)C(F)(F)S(=O)(=O)[O-])c1ccccc1. The smallest absolute Gasteiger partial charge is 0.432 e. The first-order valence-corrected chi connectivity index (χ1v) is 11.1. The Kier molecular flexibility index (Phi) is 5.63. The Morgan fingerprint density at radius 1 is 1.09 bits per heavy atom. The molecule has 9 nitrogen and oxygen atoms in total. The second kappa shape index (κ2) is 7.86. The zero-order valence-corrected chi connectivity index (χ0v) is 17.4. The highest BCUT2D eigenvalue weighted by Gasteiger charge is 2.71. The van der Waals surface area contributed by atoms with E-state index in [4.69, 9.17) is 9.47 Å². The molecule has 1 aromatic carbocycles. The predicted molar refractivity (Wildman–Crippen MR) is 94.7 cm³/mol. The predicted octanol–water partition coefficient (Wildman–Crippen LogP) is 1.63. The summed E-state index contributed by atoms with van der Waals surface area (Å²) in [7, 11) is -6.88. The molecule has 1 aromatic rings. The molecule has 186 valence electrons. The van der Waals surface area contributed by atoms with Gasteiger partial charge in [0.05, 0.1) is 17.4 Å². The summed E-state index contributed by atoms with van der Waals surface area (Å²) in [5.41, 5.74) is 0.0858. The summed E-state index contributed by atoms with van der Waals surface area (Å²) in [6, 6.07) is 7.43. The number of rotatable bonds is 6. The molecule has 0 radical (unpaired) electrons. The number of hydrogen-bond acceptors (Lipinski definition) is 9. The molecule has 0 aromatic heterocycles. The Bertz CT molecular complexity index is 1120. The first-order valence-electron chi connectivity index (χ1n) is 9.71. The average molecular weight is 513 g/mol. The third-order valence-electron chi connectivity index (χ3n) is 6.24. The highest BCUT2D eigenvalue weighted by atomic mass is 32.2. The van der Waals surface area contributed by atoms with Crippen molar-refractivity contribution in [2.75, 3.05) is 0 Å². The molecule has 0 amide bonds. The number of benzene rings is 1. The molecule has 4 rings (SSSR count). The molecule has 2 bridgehead atoms. The number of ether oxygens (including phenoxy) is 3. The van der Waals surface area contributed by atoms with E-state index in [0.29, 0.717) is 0 Å². The first kappa shape index (κ1) is 24.3. The van der Waals surface area contributed by atoms with Crippen molar-refractivity contribution in [3.63, 3.8) is 0 Å². The maximum atomic E-state index is 13.8. The van der Waals surface area contributed by atoms with Crippen LogP contribution in [-0.4, -0.2) is 60.6 Å². The summed E-state index contributed by atoms with van der Waals surface area (Å²) in [5.74, 6) is -8.94. The second-order valence-electron chi connectivity index (χ2n) is 8.13. The number of esters is 3. The van der Waals surface area contributed by atoms with E-state index in [1.165, 1.54) is 24.3 Å². The van der Waals surface area contributed by atoms with E-state index in [1.54, 1.807) is 6.07 Å². The van der Waals surface area contributed by atoms with Crippen LogP contribution in [0.15, 0.2) is 30.3 Å². The lowest BCUT2D eigenvalue weighted by Crippen LogP contribution is -2.54. The molecule has 0 N–H and O–H groups in total. The number of carbonyl (C=O) groups excluding carboxylic acids is 3. The summed E-state index contributed by atoms with van der Waals surface area (Å²) in [4.78, 5) is 37.3. The van der Waals surface area contributed by atoms with E-state index >= 15 is 0 Å². The van der Waals surface area contributed by atoms with Gasteiger partial charge in [0.15, 0.2) is 10.1 Å². The third kappa shape index (κ3) is 3.79. The molecule has 1 saturated heterocycles. The van der Waals surface area contributed by atoms with Crippen molar-refractivity contribution in [1.29, 1.82) is 0 Å². The van der Waals surface area contributed by atoms with Crippen molar-refractivity contribution < 1.29 is 63.5 Å². The number of alkyl halides is 5. The Morgan fingerprint density at radius 3 is 2.26 bits per heavy atom. The van der Waals surface area contributed by atoms with E-state index in [9.17, 15) is 49.3 Å². The van der Waals surface area contributed by atoms with Crippen LogP contribution in [0.1, 0.15) is 16.8 Å². The maximum Gasteiger partial charge on any atom is 0.432 e. The summed E-state index contributed by atoms with van der Waals surface area (Å²) in [6.07, 6.45) is -13.0. The topological polar surface area (TPSA) is 136 Å². The minimum atomic E-state index is -6.88. The van der Waals surface area contributed by atoms with Gasteiger partial charge in [-0.25, -0.2) is 13.2 Å². The molecule has 15 heteroatoms. The van der Waals surface area contributed by atoms with Crippen molar-refractivity contribution >= 4 is 28.0 Å². The van der Waals surface area contributed by atoms with Crippen LogP contribution in [-0.2, 0) is 33.9 Å². The van der Waals surface area contributed by atoms with E-state index in [0.717, 1.165) is 0 Å². The lowest BCUT2D eigenvalue weighted by molar-refractivity contribution is -0.262. The van der Waals surface area contributed by atoms with Crippen LogP contribution < -0.4 is 0 Å². The van der Waals surface area contributed by atoms with Gasteiger partial charge in [0.2, 0.25) is 0 Å². The second-order valence-corrected chi connectivity index (χ2v) is 9.58. The molecule has 2 saturated carbocycles. The van der Waals surface area contributed by atoms with E-state index < -0.39 is 81.4 Å². The largest absolute Gasteiger partial charge is 0.743 e. The van der Waals surface area contributed by atoms with Crippen molar-refractivity contribution in [2.45, 2.75) is 36.2 Å². The Morgan fingerprint density at radius 2 is 1.71 bits per heavy atom. The standard InChI is InChI=1S/C19H15F5O9S/c20-18(21,22)17(19(23,24)34(28,29)30)33-16(27)11-9-6-8-10(11)15(26)32-13(8)12(9)31-14(25)7-4-2-1-3-5-7/h1-5,8-13,17H,6H2,(H,28,29,30)/p-1. The fourth-order valence-corrected chi connectivity index (χ4v) is 5.33. The lowest BCUT2D eigenvalue weighted by atomic mass is 9.78. The molecule has 2 aliphatic carbocycles. The zero-order chi connectivity index (χ0) is 25.2. The van der Waals surface area contributed by atoms with Gasteiger partial charge in [0.1, 0.15) is 12.2 Å². The van der Waals surface area contributed by atoms with E-state index in [2.05, 4.69) is 4.74 Å². The molecule has 7 unspecified atom stereocenters. The fourth-order valence-electron chi connectivity index (χ4n) is 4.89. The third-order valence-corrected chi connectivity index (χ3v) is 7.12. The number of halogens is 5. The van der Waals surface area contributed by atoms with Gasteiger partial charge in [-0.3, -0.25) is 9.59 Å². The van der Waals surface area contributed by atoms with Crippen LogP contribution in [0.2, 0.25) is 0 Å². The molecule has 0 spiro atoms. The normalized spacial score (nSPS) is 31.2. The Balaban J connectivity index is 1.60. The summed E-state index contributed by atoms with van der Waals surface area (Å²) < 4.78 is 114. The Labute approximate surface area is 187 Å². The fraction of sp³-hybridized carbons (Fsp3) is 0.526. The zero-order valence-electron chi connectivity index (χ0n) is 16.6. The van der Waals surface area contributed by atoms with Crippen molar-refractivity contribution in [2.24, 2.45) is 23.7 Å². The van der Waals surface area contributed by atoms with Crippen LogP contribution in [0.4, 0.5) is 22.0 Å². The van der Waals surface area contributed by atoms with E-state index in [-0.39, 0.29) is 12.0 Å². The molecule has 3 fully saturated rings. The summed E-state index contributed by atoms with van der Waals surface area (Å²) in [5, 5.41) is -6.03. The number of fused-ring (bicyclic) bond motifs is 1. The van der Waals surface area contributed by atoms with Gasteiger partial charge >= 0.3 is 29.3 Å². The van der Waals surface area contributed by atoms with Crippen LogP contribution in [0, 0.1) is 23.7 Å². The van der Waals surface area contributed by atoms with Gasteiger partial charge in [-0.2, -0.15) is 22.0 Å². The van der Waals surface area contributed by atoms with E-state index in [1.807, 2.05) is 0 Å². The van der Waals surface area contributed by atoms with Crippen LogP contribution >= 0.6 is 0 Å². The van der Waals surface area contributed by atoms with Gasteiger partial charge < -0.3 is 18.8 Å². The molecular formula is C19H14F5O9S-. The monoisotopic (exact) mass is 513 g/mol. The molecule has 34 heavy (non-hydrogen) atoms. The van der Waals surface area contributed by atoms with Crippen molar-refractivity contribution in [3.05, 3.63) is 35.9 Å². The summed E-state index contributed by atoms with van der Waals surface area (Å²) in [6.45, 7) is 0. The average Bonchev–Trinajstić information content (AvgIpc) is 3.34. The lowest BCUT2D eigenvalue weighted by Gasteiger charge is -2.33. The van der Waals surface area contributed by atoms with Gasteiger partial charge in [0.25, 0.3) is 6.10 Å². The van der Waals surface area contributed by atoms with Crippen LogP contribution in [0.5, 0.6) is 0 Å². The quantitative estimate of drug-likeness (QED) is 0.241. The highest BCUT2D eigenvalue weighted by molar-refractivity contribution is 7.86. The molecular weight excluding hydrogens is 499 g/mol. The first-order chi connectivity index (χ1) is 15.6.